The Morgan fingerprint density at radius 1 is 1.21 bits per heavy atom. The van der Waals surface area contributed by atoms with Crippen molar-refractivity contribution in [2.45, 2.75) is 32.3 Å². The molecule has 2 aromatic rings. The number of ether oxygens (including phenoxy) is 1. The van der Waals surface area contributed by atoms with Crippen molar-refractivity contribution in [2.75, 3.05) is 19.7 Å². The maximum absolute atomic E-state index is 12.8. The molecule has 126 valence electrons. The number of piperidine rings is 1. The normalized spacial score (nSPS) is 17.7. The van der Waals surface area contributed by atoms with Gasteiger partial charge in [0.05, 0.1) is 11.7 Å². The van der Waals surface area contributed by atoms with Crippen molar-refractivity contribution in [1.29, 1.82) is 0 Å². The van der Waals surface area contributed by atoms with Crippen molar-refractivity contribution < 1.29 is 9.53 Å². The van der Waals surface area contributed by atoms with E-state index in [0.717, 1.165) is 43.5 Å². The molecule has 1 saturated heterocycles. The lowest BCUT2D eigenvalue weighted by atomic mass is 10.1. The summed E-state index contributed by atoms with van der Waals surface area (Å²) in [5.41, 5.74) is 2.28. The molecule has 0 radical (unpaired) electrons. The van der Waals surface area contributed by atoms with Gasteiger partial charge in [-0.1, -0.05) is 6.92 Å². The van der Waals surface area contributed by atoms with Gasteiger partial charge >= 0.3 is 0 Å². The van der Waals surface area contributed by atoms with Crippen LogP contribution in [0.5, 0.6) is 0 Å². The summed E-state index contributed by atoms with van der Waals surface area (Å²) in [6, 6.07) is 1.85. The van der Waals surface area contributed by atoms with E-state index in [9.17, 15) is 4.79 Å². The molecule has 1 aliphatic rings. The fourth-order valence-electron chi connectivity index (χ4n) is 2.89. The van der Waals surface area contributed by atoms with Gasteiger partial charge in [0.25, 0.3) is 5.91 Å². The fraction of sp³-hybridized carbons (Fsp3) is 0.444. The first kappa shape index (κ1) is 16.5. The molecule has 0 aliphatic carbocycles. The number of likely N-dealkylation sites (tertiary alicyclic amines) is 1. The van der Waals surface area contributed by atoms with Gasteiger partial charge < -0.3 is 9.64 Å². The fourth-order valence-corrected chi connectivity index (χ4v) is 2.89. The van der Waals surface area contributed by atoms with Crippen molar-refractivity contribution in [3.8, 4) is 11.1 Å². The molecule has 6 heteroatoms. The number of pyridine rings is 1. The van der Waals surface area contributed by atoms with Crippen LogP contribution < -0.4 is 0 Å². The Balaban J connectivity index is 1.73. The molecule has 1 unspecified atom stereocenters. The molecule has 0 spiro atoms. The Morgan fingerprint density at radius 2 is 2.00 bits per heavy atom. The molecular formula is C18H22N4O2. The minimum Gasteiger partial charge on any atom is -0.376 e. The molecule has 3 rings (SSSR count). The van der Waals surface area contributed by atoms with E-state index < -0.39 is 0 Å². The number of hydrogen-bond donors (Lipinski definition) is 0. The lowest BCUT2D eigenvalue weighted by Crippen LogP contribution is -2.43. The molecular weight excluding hydrogens is 304 g/mol. The molecule has 1 amide bonds. The van der Waals surface area contributed by atoms with Crippen LogP contribution in [-0.4, -0.2) is 51.6 Å². The summed E-state index contributed by atoms with van der Waals surface area (Å²) in [6.07, 6.45) is 11.4. The zero-order valence-electron chi connectivity index (χ0n) is 13.9. The number of aromatic nitrogens is 3. The zero-order chi connectivity index (χ0) is 16.8. The average Bonchev–Trinajstić information content (AvgIpc) is 2.67. The lowest BCUT2D eigenvalue weighted by molar-refractivity contribution is 0.00210. The van der Waals surface area contributed by atoms with E-state index in [0.29, 0.717) is 12.1 Å². The number of nitrogens with zero attached hydrogens (tertiary/aromatic N) is 4. The molecule has 3 heterocycles. The summed E-state index contributed by atoms with van der Waals surface area (Å²) >= 11 is 0. The monoisotopic (exact) mass is 326 g/mol. The van der Waals surface area contributed by atoms with E-state index in [1.165, 1.54) is 6.33 Å². The molecule has 0 bridgehead atoms. The second-order valence-corrected chi connectivity index (χ2v) is 5.98. The third kappa shape index (κ3) is 3.94. The minimum atomic E-state index is 0.00555. The third-order valence-electron chi connectivity index (χ3n) is 4.10. The average molecular weight is 326 g/mol. The highest BCUT2D eigenvalue weighted by Gasteiger charge is 2.25. The lowest BCUT2D eigenvalue weighted by Gasteiger charge is -2.32. The van der Waals surface area contributed by atoms with Gasteiger partial charge in [-0.05, 0) is 25.3 Å². The van der Waals surface area contributed by atoms with Gasteiger partial charge in [0.2, 0.25) is 0 Å². The molecule has 1 aliphatic heterocycles. The number of rotatable bonds is 5. The van der Waals surface area contributed by atoms with E-state index in [-0.39, 0.29) is 12.0 Å². The van der Waals surface area contributed by atoms with Crippen molar-refractivity contribution in [3.63, 3.8) is 0 Å². The van der Waals surface area contributed by atoms with Crippen LogP contribution in [0.3, 0.4) is 0 Å². The van der Waals surface area contributed by atoms with E-state index >= 15 is 0 Å². The first-order valence-corrected chi connectivity index (χ1v) is 8.39. The van der Waals surface area contributed by atoms with Gasteiger partial charge in [-0.15, -0.1) is 0 Å². The van der Waals surface area contributed by atoms with Crippen molar-refractivity contribution >= 4 is 5.91 Å². The van der Waals surface area contributed by atoms with Crippen LogP contribution in [-0.2, 0) is 4.74 Å². The maximum atomic E-state index is 12.8. The first-order valence-electron chi connectivity index (χ1n) is 8.39. The molecule has 24 heavy (non-hydrogen) atoms. The summed E-state index contributed by atoms with van der Waals surface area (Å²) < 4.78 is 5.82. The summed E-state index contributed by atoms with van der Waals surface area (Å²) in [4.78, 5) is 26.9. The van der Waals surface area contributed by atoms with Gasteiger partial charge in [-0.3, -0.25) is 9.78 Å². The van der Waals surface area contributed by atoms with Crippen LogP contribution in [0.1, 0.15) is 36.5 Å². The highest BCUT2D eigenvalue weighted by atomic mass is 16.5. The van der Waals surface area contributed by atoms with Crippen LogP contribution >= 0.6 is 0 Å². The molecule has 0 N–H and O–H groups in total. The molecule has 6 nitrogen and oxygen atoms in total. The zero-order valence-corrected chi connectivity index (χ0v) is 13.9. The van der Waals surface area contributed by atoms with Gasteiger partial charge in [0.1, 0.15) is 6.33 Å². The smallest absolute Gasteiger partial charge is 0.255 e. The van der Waals surface area contributed by atoms with Gasteiger partial charge in [-0.2, -0.15) is 0 Å². The summed E-state index contributed by atoms with van der Waals surface area (Å²) in [5.74, 6) is 0.00555. The Hall–Kier alpha value is -2.34. The van der Waals surface area contributed by atoms with Crippen LogP contribution in [0, 0.1) is 0 Å². The van der Waals surface area contributed by atoms with E-state index in [1.54, 1.807) is 24.8 Å². The Kier molecular flexibility index (Phi) is 5.48. The third-order valence-corrected chi connectivity index (χ3v) is 4.10. The van der Waals surface area contributed by atoms with E-state index in [2.05, 4.69) is 21.9 Å². The maximum Gasteiger partial charge on any atom is 0.255 e. The van der Waals surface area contributed by atoms with Crippen molar-refractivity contribution in [3.05, 3.63) is 42.7 Å². The molecule has 0 saturated carbocycles. The van der Waals surface area contributed by atoms with Crippen LogP contribution in [0.15, 0.2) is 37.2 Å². The van der Waals surface area contributed by atoms with Crippen molar-refractivity contribution in [2.24, 2.45) is 0 Å². The highest BCUT2D eigenvalue weighted by molar-refractivity contribution is 5.95. The Labute approximate surface area is 141 Å². The largest absolute Gasteiger partial charge is 0.376 e. The standard InChI is InChI=1S/C18H22N4O2/c1-2-6-24-17-4-3-5-22(12-17)18(23)15-7-14(8-19-9-15)16-10-20-13-21-11-16/h7-11,13,17H,2-6,12H2,1H3. The second-order valence-electron chi connectivity index (χ2n) is 5.98. The number of carbonyl (C=O) groups excluding carboxylic acids is 1. The van der Waals surface area contributed by atoms with Crippen LogP contribution in [0.25, 0.3) is 11.1 Å². The summed E-state index contributed by atoms with van der Waals surface area (Å²) in [7, 11) is 0. The quantitative estimate of drug-likeness (QED) is 0.845. The highest BCUT2D eigenvalue weighted by Crippen LogP contribution is 2.20. The second kappa shape index (κ2) is 7.97. The minimum absolute atomic E-state index is 0.00555. The van der Waals surface area contributed by atoms with E-state index in [1.807, 2.05) is 11.0 Å². The predicted octanol–water partition coefficient (Wildman–Crippen LogP) is 2.57. The first-order chi connectivity index (χ1) is 11.8. The Morgan fingerprint density at radius 3 is 2.79 bits per heavy atom. The van der Waals surface area contributed by atoms with Crippen molar-refractivity contribution in [1.82, 2.24) is 19.9 Å². The summed E-state index contributed by atoms with van der Waals surface area (Å²) in [6.45, 7) is 4.26. The molecule has 1 fully saturated rings. The predicted molar refractivity (Wildman–Crippen MR) is 90.4 cm³/mol. The molecule has 2 aromatic heterocycles. The van der Waals surface area contributed by atoms with Gasteiger partial charge in [-0.25, -0.2) is 9.97 Å². The topological polar surface area (TPSA) is 68.2 Å². The number of amides is 1. The van der Waals surface area contributed by atoms with Gasteiger partial charge in [0.15, 0.2) is 0 Å². The summed E-state index contributed by atoms with van der Waals surface area (Å²) in [5, 5.41) is 0. The number of carbonyl (C=O) groups is 1. The molecule has 0 aromatic carbocycles. The SMILES string of the molecule is CCCOC1CCCN(C(=O)c2cncc(-c3cncnc3)c2)C1. The van der Waals surface area contributed by atoms with Crippen LogP contribution in [0.4, 0.5) is 0 Å². The van der Waals surface area contributed by atoms with Gasteiger partial charge in [0, 0.05) is 55.6 Å². The molecule has 1 atom stereocenters. The van der Waals surface area contributed by atoms with Crippen LogP contribution in [0.2, 0.25) is 0 Å². The number of hydrogen-bond acceptors (Lipinski definition) is 5. The van der Waals surface area contributed by atoms with E-state index in [4.69, 9.17) is 4.74 Å². The Bertz CT molecular complexity index is 678.